The van der Waals surface area contributed by atoms with Gasteiger partial charge in [-0.1, -0.05) is 26.0 Å². The highest BCUT2D eigenvalue weighted by Crippen LogP contribution is 2.14. The minimum Gasteiger partial charge on any atom is -0.372 e. The lowest BCUT2D eigenvalue weighted by Crippen LogP contribution is -2.31. The van der Waals surface area contributed by atoms with Crippen LogP contribution in [0.25, 0.3) is 0 Å². The van der Waals surface area contributed by atoms with Crippen molar-refractivity contribution in [2.45, 2.75) is 34.2 Å². The predicted molar refractivity (Wildman–Crippen MR) is 89.5 cm³/mol. The van der Waals surface area contributed by atoms with Crippen LogP contribution in [0.3, 0.4) is 0 Å². The minimum absolute atomic E-state index is 0.958. The number of rotatable bonds is 10. The molecule has 3 nitrogen and oxygen atoms in total. The molecule has 0 fully saturated rings. The molecule has 0 aliphatic carbocycles. The van der Waals surface area contributed by atoms with Gasteiger partial charge >= 0.3 is 0 Å². The fourth-order valence-corrected chi connectivity index (χ4v) is 2.42. The van der Waals surface area contributed by atoms with Crippen LogP contribution < -0.4 is 10.2 Å². The van der Waals surface area contributed by atoms with E-state index in [1.807, 2.05) is 0 Å². The fourth-order valence-electron chi connectivity index (χ4n) is 2.42. The molecule has 0 heterocycles. The zero-order chi connectivity index (χ0) is 14.8. The van der Waals surface area contributed by atoms with Crippen molar-refractivity contribution in [1.82, 2.24) is 10.2 Å². The average molecular weight is 277 g/mol. The SMILES string of the molecule is CCN(CC)CCNCc1ccc(N(CC)CC)cc1. The van der Waals surface area contributed by atoms with Gasteiger partial charge in [0.15, 0.2) is 0 Å². The van der Waals surface area contributed by atoms with Crippen LogP contribution in [0.5, 0.6) is 0 Å². The van der Waals surface area contributed by atoms with Gasteiger partial charge in [0, 0.05) is 38.4 Å². The number of nitrogens with one attached hydrogen (secondary N) is 1. The highest BCUT2D eigenvalue weighted by molar-refractivity contribution is 5.47. The molecule has 1 N–H and O–H groups in total. The number of nitrogens with zero attached hydrogens (tertiary/aromatic N) is 2. The number of benzene rings is 1. The Morgan fingerprint density at radius 3 is 1.95 bits per heavy atom. The molecule has 0 aliphatic heterocycles. The van der Waals surface area contributed by atoms with Gasteiger partial charge < -0.3 is 15.1 Å². The predicted octanol–water partition coefficient (Wildman–Crippen LogP) is 2.96. The monoisotopic (exact) mass is 277 g/mol. The molecule has 0 saturated carbocycles. The van der Waals surface area contributed by atoms with Crippen LogP contribution in [0.2, 0.25) is 0 Å². The second-order valence-corrected chi connectivity index (χ2v) is 5.04. The van der Waals surface area contributed by atoms with Crippen LogP contribution in [-0.2, 0) is 6.54 Å². The summed E-state index contributed by atoms with van der Waals surface area (Å²) in [5.41, 5.74) is 2.68. The molecule has 1 aromatic carbocycles. The van der Waals surface area contributed by atoms with E-state index in [4.69, 9.17) is 0 Å². The Bertz CT molecular complexity index is 340. The minimum atomic E-state index is 0.958. The molecule has 114 valence electrons. The van der Waals surface area contributed by atoms with Gasteiger partial charge in [0.25, 0.3) is 0 Å². The Labute approximate surface area is 125 Å². The molecule has 0 amide bonds. The topological polar surface area (TPSA) is 18.5 Å². The van der Waals surface area contributed by atoms with Crippen LogP contribution in [0, 0.1) is 0 Å². The molecule has 0 radical (unpaired) electrons. The smallest absolute Gasteiger partial charge is 0.0366 e. The Balaban J connectivity index is 2.35. The van der Waals surface area contributed by atoms with Crippen LogP contribution in [0.15, 0.2) is 24.3 Å². The molecular weight excluding hydrogens is 246 g/mol. The van der Waals surface area contributed by atoms with E-state index in [1.54, 1.807) is 0 Å². The van der Waals surface area contributed by atoms with Crippen LogP contribution in [-0.4, -0.2) is 44.2 Å². The summed E-state index contributed by atoms with van der Waals surface area (Å²) < 4.78 is 0. The van der Waals surface area contributed by atoms with E-state index in [2.05, 4.69) is 67.1 Å². The Kier molecular flexibility index (Phi) is 8.31. The zero-order valence-electron chi connectivity index (χ0n) is 13.7. The molecular formula is C17H31N3. The summed E-state index contributed by atoms with van der Waals surface area (Å²) in [6, 6.07) is 8.93. The molecule has 0 atom stereocenters. The maximum Gasteiger partial charge on any atom is 0.0366 e. The summed E-state index contributed by atoms with van der Waals surface area (Å²) in [4.78, 5) is 4.81. The molecule has 0 unspecified atom stereocenters. The Hall–Kier alpha value is -1.06. The van der Waals surface area contributed by atoms with E-state index in [9.17, 15) is 0 Å². The number of likely N-dealkylation sites (N-methyl/N-ethyl adjacent to an activating group) is 1. The lowest BCUT2D eigenvalue weighted by Gasteiger charge is -2.21. The largest absolute Gasteiger partial charge is 0.372 e. The van der Waals surface area contributed by atoms with Crippen molar-refractivity contribution < 1.29 is 0 Å². The molecule has 0 saturated heterocycles. The summed E-state index contributed by atoms with van der Waals surface area (Å²) in [5.74, 6) is 0. The molecule has 3 heteroatoms. The van der Waals surface area contributed by atoms with Crippen LogP contribution >= 0.6 is 0 Å². The van der Waals surface area contributed by atoms with E-state index in [0.717, 1.165) is 45.8 Å². The highest BCUT2D eigenvalue weighted by atomic mass is 15.1. The quantitative estimate of drug-likeness (QED) is 0.663. The number of hydrogen-bond acceptors (Lipinski definition) is 3. The lowest BCUT2D eigenvalue weighted by atomic mass is 10.2. The summed E-state index contributed by atoms with van der Waals surface area (Å²) in [5, 5.41) is 3.52. The first-order chi connectivity index (χ1) is 9.74. The van der Waals surface area contributed by atoms with Gasteiger partial charge in [-0.05, 0) is 44.6 Å². The van der Waals surface area contributed by atoms with E-state index in [-0.39, 0.29) is 0 Å². The summed E-state index contributed by atoms with van der Waals surface area (Å²) >= 11 is 0. The van der Waals surface area contributed by atoms with Gasteiger partial charge in [0.05, 0.1) is 0 Å². The van der Waals surface area contributed by atoms with Gasteiger partial charge in [-0.15, -0.1) is 0 Å². The van der Waals surface area contributed by atoms with Gasteiger partial charge in [-0.25, -0.2) is 0 Å². The second kappa shape index (κ2) is 9.78. The maximum atomic E-state index is 3.52. The molecule has 0 spiro atoms. The molecule has 1 aromatic rings. The van der Waals surface area contributed by atoms with Crippen LogP contribution in [0.4, 0.5) is 5.69 Å². The van der Waals surface area contributed by atoms with Crippen molar-refractivity contribution in [3.05, 3.63) is 29.8 Å². The van der Waals surface area contributed by atoms with Crippen molar-refractivity contribution in [1.29, 1.82) is 0 Å². The first kappa shape index (κ1) is 17.0. The zero-order valence-corrected chi connectivity index (χ0v) is 13.7. The number of hydrogen-bond donors (Lipinski definition) is 1. The van der Waals surface area contributed by atoms with Crippen LogP contribution in [0.1, 0.15) is 33.3 Å². The third kappa shape index (κ3) is 5.51. The van der Waals surface area contributed by atoms with Gasteiger partial charge in [-0.3, -0.25) is 0 Å². The third-order valence-corrected chi connectivity index (χ3v) is 3.89. The molecule has 0 aromatic heterocycles. The normalized spacial score (nSPS) is 11.1. The van der Waals surface area contributed by atoms with E-state index < -0.39 is 0 Å². The summed E-state index contributed by atoms with van der Waals surface area (Å²) in [7, 11) is 0. The molecule has 20 heavy (non-hydrogen) atoms. The molecule has 0 aliphatic rings. The van der Waals surface area contributed by atoms with Gasteiger partial charge in [-0.2, -0.15) is 0 Å². The average Bonchev–Trinajstić information content (AvgIpc) is 2.50. The lowest BCUT2D eigenvalue weighted by molar-refractivity contribution is 0.302. The Morgan fingerprint density at radius 2 is 1.45 bits per heavy atom. The fraction of sp³-hybridized carbons (Fsp3) is 0.647. The second-order valence-electron chi connectivity index (χ2n) is 5.04. The summed E-state index contributed by atoms with van der Waals surface area (Å²) in [6.45, 7) is 16.4. The van der Waals surface area contributed by atoms with Crippen molar-refractivity contribution in [3.8, 4) is 0 Å². The van der Waals surface area contributed by atoms with Gasteiger partial charge in [0.2, 0.25) is 0 Å². The van der Waals surface area contributed by atoms with E-state index in [1.165, 1.54) is 11.3 Å². The van der Waals surface area contributed by atoms with Crippen molar-refractivity contribution in [2.24, 2.45) is 0 Å². The third-order valence-electron chi connectivity index (χ3n) is 3.89. The number of anilines is 1. The maximum absolute atomic E-state index is 3.52. The van der Waals surface area contributed by atoms with Crippen molar-refractivity contribution >= 4 is 5.69 Å². The van der Waals surface area contributed by atoms with E-state index >= 15 is 0 Å². The standard InChI is InChI=1S/C17H31N3/c1-5-19(6-2)14-13-18-15-16-9-11-17(12-10-16)20(7-3)8-4/h9-12,18H,5-8,13-15H2,1-4H3. The first-order valence-electron chi connectivity index (χ1n) is 8.02. The Morgan fingerprint density at radius 1 is 0.850 bits per heavy atom. The first-order valence-corrected chi connectivity index (χ1v) is 8.02. The highest BCUT2D eigenvalue weighted by Gasteiger charge is 2.01. The molecule has 0 bridgehead atoms. The van der Waals surface area contributed by atoms with Crippen molar-refractivity contribution in [2.75, 3.05) is 44.2 Å². The van der Waals surface area contributed by atoms with Gasteiger partial charge in [0.1, 0.15) is 0 Å². The molecule has 1 rings (SSSR count). The summed E-state index contributed by atoms with van der Waals surface area (Å²) in [6.07, 6.45) is 0. The van der Waals surface area contributed by atoms with E-state index in [0.29, 0.717) is 0 Å². The van der Waals surface area contributed by atoms with Crippen molar-refractivity contribution in [3.63, 3.8) is 0 Å².